The highest BCUT2D eigenvalue weighted by Gasteiger charge is 2.15. The number of nitrogens with zero attached hydrogens (tertiary/aromatic N) is 1. The minimum Gasteiger partial charge on any atom is -0.480 e. The number of carbonyl (C=O) groups is 3. The van der Waals surface area contributed by atoms with Gasteiger partial charge in [-0.25, -0.2) is 4.79 Å². The third-order valence-electron chi connectivity index (χ3n) is 1.81. The van der Waals surface area contributed by atoms with E-state index < -0.39 is 18.5 Å². The summed E-state index contributed by atoms with van der Waals surface area (Å²) >= 11 is 0. The van der Waals surface area contributed by atoms with Crippen molar-refractivity contribution in [2.75, 3.05) is 19.6 Å². The van der Waals surface area contributed by atoms with Crippen molar-refractivity contribution in [3.63, 3.8) is 0 Å². The Morgan fingerprint density at radius 3 is 2.44 bits per heavy atom. The molecule has 0 unspecified atom stereocenters. The van der Waals surface area contributed by atoms with Crippen LogP contribution in [-0.2, 0) is 9.59 Å². The number of carbonyl (C=O) groups excluding carboxylic acids is 2. The Bertz CT molecular complexity index is 328. The molecular weight excluding hydrogens is 238 g/mol. The van der Waals surface area contributed by atoms with Gasteiger partial charge in [-0.15, -0.1) is 6.58 Å². The standard InChI is InChI=1S/C11H19N3O4/c1-4-5-14(7-10(16)17)11(18)12-6-9(15)13-8(2)3/h4,8H,1,5-7H2,2-3H3,(H,12,18)(H,13,15)(H,16,17). The normalized spacial score (nSPS) is 9.72. The first-order chi connectivity index (χ1) is 8.36. The zero-order valence-corrected chi connectivity index (χ0v) is 10.6. The van der Waals surface area contributed by atoms with Crippen LogP contribution >= 0.6 is 0 Å². The zero-order valence-electron chi connectivity index (χ0n) is 10.6. The molecule has 0 fully saturated rings. The lowest BCUT2D eigenvalue weighted by Gasteiger charge is -2.19. The van der Waals surface area contributed by atoms with Gasteiger partial charge in [0.25, 0.3) is 0 Å². The molecule has 0 aliphatic rings. The molecule has 0 aromatic rings. The summed E-state index contributed by atoms with van der Waals surface area (Å²) in [4.78, 5) is 34.4. The summed E-state index contributed by atoms with van der Waals surface area (Å²) in [5.41, 5.74) is 0. The molecule has 0 heterocycles. The van der Waals surface area contributed by atoms with Crippen LogP contribution in [0.15, 0.2) is 12.7 Å². The topological polar surface area (TPSA) is 98.7 Å². The molecule has 3 N–H and O–H groups in total. The average molecular weight is 257 g/mol. The average Bonchev–Trinajstić information content (AvgIpc) is 2.23. The van der Waals surface area contributed by atoms with Gasteiger partial charge in [-0.1, -0.05) is 6.08 Å². The molecule has 0 bridgehead atoms. The third-order valence-corrected chi connectivity index (χ3v) is 1.81. The van der Waals surface area contributed by atoms with Crippen LogP contribution in [0.1, 0.15) is 13.8 Å². The maximum atomic E-state index is 11.6. The maximum Gasteiger partial charge on any atom is 0.323 e. The first-order valence-corrected chi connectivity index (χ1v) is 5.51. The van der Waals surface area contributed by atoms with E-state index in [4.69, 9.17) is 5.11 Å². The molecule has 0 rings (SSSR count). The highest BCUT2D eigenvalue weighted by atomic mass is 16.4. The molecular formula is C11H19N3O4. The van der Waals surface area contributed by atoms with E-state index in [1.165, 1.54) is 6.08 Å². The van der Waals surface area contributed by atoms with Gasteiger partial charge < -0.3 is 20.6 Å². The smallest absolute Gasteiger partial charge is 0.323 e. The molecule has 0 atom stereocenters. The number of amides is 3. The van der Waals surface area contributed by atoms with E-state index in [0.717, 1.165) is 4.90 Å². The highest BCUT2D eigenvalue weighted by molar-refractivity contribution is 5.85. The lowest BCUT2D eigenvalue weighted by atomic mass is 10.4. The monoisotopic (exact) mass is 257 g/mol. The SMILES string of the molecule is C=CCN(CC(=O)O)C(=O)NCC(=O)NC(C)C. The van der Waals surface area contributed by atoms with Gasteiger partial charge in [0.2, 0.25) is 5.91 Å². The molecule has 0 saturated carbocycles. The number of hydrogen-bond acceptors (Lipinski definition) is 3. The van der Waals surface area contributed by atoms with Crippen molar-refractivity contribution in [3.8, 4) is 0 Å². The van der Waals surface area contributed by atoms with E-state index in [-0.39, 0.29) is 25.0 Å². The molecule has 0 saturated heterocycles. The van der Waals surface area contributed by atoms with Crippen LogP contribution < -0.4 is 10.6 Å². The second kappa shape index (κ2) is 8.10. The Kier molecular flexibility index (Phi) is 7.18. The predicted octanol–water partition coefficient (Wildman–Crippen LogP) is -0.207. The number of carboxylic acids is 1. The quantitative estimate of drug-likeness (QED) is 0.550. The van der Waals surface area contributed by atoms with Crippen molar-refractivity contribution >= 4 is 17.9 Å². The number of carboxylic acid groups (broad SMARTS) is 1. The van der Waals surface area contributed by atoms with Crippen LogP contribution in [0.4, 0.5) is 4.79 Å². The Labute approximate surface area is 106 Å². The Balaban J connectivity index is 4.21. The van der Waals surface area contributed by atoms with Gasteiger partial charge >= 0.3 is 12.0 Å². The Morgan fingerprint density at radius 2 is 2.00 bits per heavy atom. The maximum absolute atomic E-state index is 11.6. The summed E-state index contributed by atoms with van der Waals surface area (Å²) in [6.45, 7) is 6.50. The number of aliphatic carboxylic acids is 1. The second-order valence-electron chi connectivity index (χ2n) is 3.94. The molecule has 0 aromatic heterocycles. The fourth-order valence-electron chi connectivity index (χ4n) is 1.18. The fourth-order valence-corrected chi connectivity index (χ4v) is 1.18. The number of urea groups is 1. The van der Waals surface area contributed by atoms with Gasteiger partial charge in [0.05, 0.1) is 6.54 Å². The van der Waals surface area contributed by atoms with E-state index >= 15 is 0 Å². The Morgan fingerprint density at radius 1 is 1.39 bits per heavy atom. The van der Waals surface area contributed by atoms with E-state index in [0.29, 0.717) is 0 Å². The van der Waals surface area contributed by atoms with E-state index in [9.17, 15) is 14.4 Å². The van der Waals surface area contributed by atoms with Gasteiger partial charge in [0.1, 0.15) is 6.54 Å². The summed E-state index contributed by atoms with van der Waals surface area (Å²) in [6, 6.07) is -0.631. The zero-order chi connectivity index (χ0) is 14.1. The van der Waals surface area contributed by atoms with Crippen LogP contribution in [-0.4, -0.2) is 53.6 Å². The van der Waals surface area contributed by atoms with Crippen LogP contribution in [0.2, 0.25) is 0 Å². The molecule has 0 aliphatic carbocycles. The molecule has 0 radical (unpaired) electrons. The predicted molar refractivity (Wildman–Crippen MR) is 66.1 cm³/mol. The first kappa shape index (κ1) is 16.0. The van der Waals surface area contributed by atoms with Crippen LogP contribution in [0.25, 0.3) is 0 Å². The van der Waals surface area contributed by atoms with E-state index in [1.807, 2.05) is 0 Å². The molecule has 3 amide bonds. The molecule has 7 heteroatoms. The third kappa shape index (κ3) is 7.26. The van der Waals surface area contributed by atoms with Crippen molar-refractivity contribution < 1.29 is 19.5 Å². The van der Waals surface area contributed by atoms with Gasteiger partial charge in [-0.3, -0.25) is 9.59 Å². The number of rotatable bonds is 7. The summed E-state index contributed by atoms with van der Waals surface area (Å²) in [5, 5.41) is 13.6. The fraction of sp³-hybridized carbons (Fsp3) is 0.545. The lowest BCUT2D eigenvalue weighted by Crippen LogP contribution is -2.47. The number of hydrogen-bond donors (Lipinski definition) is 3. The minimum atomic E-state index is -1.13. The molecule has 0 aliphatic heterocycles. The second-order valence-corrected chi connectivity index (χ2v) is 3.94. The van der Waals surface area contributed by atoms with Gasteiger partial charge in [-0.05, 0) is 13.8 Å². The van der Waals surface area contributed by atoms with Crippen molar-refractivity contribution in [3.05, 3.63) is 12.7 Å². The van der Waals surface area contributed by atoms with Crippen molar-refractivity contribution in [2.24, 2.45) is 0 Å². The summed E-state index contributed by atoms with van der Waals surface area (Å²) < 4.78 is 0. The summed E-state index contributed by atoms with van der Waals surface area (Å²) in [7, 11) is 0. The van der Waals surface area contributed by atoms with Crippen LogP contribution in [0, 0.1) is 0 Å². The highest BCUT2D eigenvalue weighted by Crippen LogP contribution is 1.90. The van der Waals surface area contributed by atoms with Gasteiger partial charge in [0, 0.05) is 12.6 Å². The van der Waals surface area contributed by atoms with Gasteiger partial charge in [-0.2, -0.15) is 0 Å². The van der Waals surface area contributed by atoms with E-state index in [2.05, 4.69) is 17.2 Å². The summed E-state index contributed by atoms with van der Waals surface area (Å²) in [6.07, 6.45) is 1.41. The first-order valence-electron chi connectivity index (χ1n) is 5.51. The molecule has 0 spiro atoms. The van der Waals surface area contributed by atoms with Crippen LogP contribution in [0.5, 0.6) is 0 Å². The van der Waals surface area contributed by atoms with Crippen molar-refractivity contribution in [1.82, 2.24) is 15.5 Å². The Hall–Kier alpha value is -2.05. The van der Waals surface area contributed by atoms with E-state index in [1.54, 1.807) is 13.8 Å². The number of nitrogens with one attached hydrogen (secondary N) is 2. The molecule has 0 aromatic carbocycles. The summed E-state index contributed by atoms with van der Waals surface area (Å²) in [5.74, 6) is -1.45. The molecule has 18 heavy (non-hydrogen) atoms. The lowest BCUT2D eigenvalue weighted by molar-refractivity contribution is -0.137. The van der Waals surface area contributed by atoms with Crippen molar-refractivity contribution in [2.45, 2.75) is 19.9 Å². The van der Waals surface area contributed by atoms with Crippen molar-refractivity contribution in [1.29, 1.82) is 0 Å². The molecule has 7 nitrogen and oxygen atoms in total. The van der Waals surface area contributed by atoms with Crippen LogP contribution in [0.3, 0.4) is 0 Å². The molecule has 102 valence electrons. The minimum absolute atomic E-state index is 0.0160. The largest absolute Gasteiger partial charge is 0.480 e. The van der Waals surface area contributed by atoms with Gasteiger partial charge in [0.15, 0.2) is 0 Å².